The van der Waals surface area contributed by atoms with E-state index in [0.717, 1.165) is 11.6 Å². The Hall–Kier alpha value is -3.02. The summed E-state index contributed by atoms with van der Waals surface area (Å²) >= 11 is 0. The summed E-state index contributed by atoms with van der Waals surface area (Å²) in [5.74, 6) is 0.0703. The highest BCUT2D eigenvalue weighted by Crippen LogP contribution is 2.43. The van der Waals surface area contributed by atoms with Gasteiger partial charge in [-0.05, 0) is 38.6 Å². The molecule has 1 aromatic carbocycles. The van der Waals surface area contributed by atoms with Crippen molar-refractivity contribution in [2.75, 3.05) is 40.0 Å². The fourth-order valence-electron chi connectivity index (χ4n) is 2.88. The maximum absolute atomic E-state index is 13.8. The van der Waals surface area contributed by atoms with E-state index in [9.17, 15) is 28.1 Å². The van der Waals surface area contributed by atoms with Crippen LogP contribution < -0.4 is 4.74 Å². The smallest absolute Gasteiger partial charge is 0.469 e. The molecule has 1 atom stereocenters. The molecule has 172 valence electrons. The molecule has 0 radical (unpaired) electrons. The number of hydrogen-bond donors (Lipinski definition) is 0. The standard InChI is InChI=1S/C19H23F3N2O7/c1-13-10-14(2)16-15(11-13)4-5-18(31-16,19(20,21)22)12-29-17(25)28-8-6-23(3)7-9-30-24(26)27/h4-5,10-11H,6-9,12H2,1-3H3. The predicted octanol–water partition coefficient (Wildman–Crippen LogP) is 3.30. The van der Waals surface area contributed by atoms with Gasteiger partial charge in [0.25, 0.3) is 10.7 Å². The molecule has 12 heteroatoms. The van der Waals surface area contributed by atoms with Crippen LogP contribution in [0.4, 0.5) is 18.0 Å². The number of carbonyl (C=O) groups excluding carboxylic acids is 1. The first-order valence-electron chi connectivity index (χ1n) is 9.25. The molecule has 1 heterocycles. The van der Waals surface area contributed by atoms with Crippen LogP contribution in [-0.4, -0.2) is 67.9 Å². The molecule has 0 N–H and O–H groups in total. The molecule has 0 spiro atoms. The number of aryl methyl sites for hydroxylation is 2. The number of ether oxygens (including phenoxy) is 3. The van der Waals surface area contributed by atoms with Crippen LogP contribution in [0.25, 0.3) is 6.08 Å². The van der Waals surface area contributed by atoms with Crippen molar-refractivity contribution >= 4 is 12.2 Å². The lowest BCUT2D eigenvalue weighted by atomic mass is 9.95. The van der Waals surface area contributed by atoms with Gasteiger partial charge in [-0.15, -0.1) is 10.1 Å². The lowest BCUT2D eigenvalue weighted by Crippen LogP contribution is -2.54. The number of halogens is 3. The molecule has 0 saturated heterocycles. The molecule has 0 bridgehead atoms. The second-order valence-electron chi connectivity index (χ2n) is 7.07. The van der Waals surface area contributed by atoms with Crippen LogP contribution in [0.3, 0.4) is 0 Å². The van der Waals surface area contributed by atoms with Gasteiger partial charge in [-0.1, -0.05) is 17.7 Å². The van der Waals surface area contributed by atoms with E-state index in [1.54, 1.807) is 31.0 Å². The first-order valence-corrected chi connectivity index (χ1v) is 9.25. The van der Waals surface area contributed by atoms with Crippen molar-refractivity contribution in [1.82, 2.24) is 4.90 Å². The highest BCUT2D eigenvalue weighted by atomic mass is 19.4. The number of nitrogens with zero attached hydrogens (tertiary/aromatic N) is 2. The van der Waals surface area contributed by atoms with Crippen molar-refractivity contribution in [1.29, 1.82) is 0 Å². The van der Waals surface area contributed by atoms with E-state index >= 15 is 0 Å². The lowest BCUT2D eigenvalue weighted by molar-refractivity contribution is -0.757. The zero-order chi connectivity index (χ0) is 23.2. The second kappa shape index (κ2) is 9.86. The Kier molecular flexibility index (Phi) is 7.71. The number of hydrogen-bond acceptors (Lipinski definition) is 8. The Balaban J connectivity index is 1.92. The molecule has 1 aliphatic heterocycles. The Morgan fingerprint density at radius 3 is 2.55 bits per heavy atom. The van der Waals surface area contributed by atoms with Gasteiger partial charge in [0, 0.05) is 18.7 Å². The zero-order valence-electron chi connectivity index (χ0n) is 17.2. The monoisotopic (exact) mass is 448 g/mol. The van der Waals surface area contributed by atoms with Crippen LogP contribution in [0.5, 0.6) is 5.75 Å². The van der Waals surface area contributed by atoms with Gasteiger partial charge in [-0.25, -0.2) is 4.79 Å². The topological polar surface area (TPSA) is 100 Å². The number of fused-ring (bicyclic) bond motifs is 1. The van der Waals surface area contributed by atoms with Crippen LogP contribution in [0, 0.1) is 24.0 Å². The summed E-state index contributed by atoms with van der Waals surface area (Å²) in [6.45, 7) is 2.32. The Labute approximate surface area is 176 Å². The molecule has 31 heavy (non-hydrogen) atoms. The van der Waals surface area contributed by atoms with Crippen molar-refractivity contribution in [3.63, 3.8) is 0 Å². The summed E-state index contributed by atoms with van der Waals surface area (Å²) in [7, 11) is 1.60. The summed E-state index contributed by atoms with van der Waals surface area (Å²) in [5, 5.41) is 9.14. The third-order valence-electron chi connectivity index (χ3n) is 4.51. The van der Waals surface area contributed by atoms with Gasteiger partial charge in [-0.2, -0.15) is 13.2 Å². The normalized spacial score (nSPS) is 17.6. The average molecular weight is 448 g/mol. The summed E-state index contributed by atoms with van der Waals surface area (Å²) in [5.41, 5.74) is -0.933. The van der Waals surface area contributed by atoms with E-state index in [2.05, 4.69) is 4.84 Å². The molecule has 0 fully saturated rings. The van der Waals surface area contributed by atoms with Crippen LogP contribution in [-0.2, 0) is 14.3 Å². The molecule has 0 aliphatic carbocycles. The summed E-state index contributed by atoms with van der Waals surface area (Å²) in [6, 6.07) is 3.39. The molecule has 0 amide bonds. The van der Waals surface area contributed by atoms with Crippen molar-refractivity contribution in [3.8, 4) is 5.75 Å². The van der Waals surface area contributed by atoms with Crippen LogP contribution in [0.15, 0.2) is 18.2 Å². The number of carbonyl (C=O) groups is 1. The van der Waals surface area contributed by atoms with E-state index in [1.807, 2.05) is 6.92 Å². The largest absolute Gasteiger partial charge is 0.508 e. The molecular formula is C19H23F3N2O7. The van der Waals surface area contributed by atoms with E-state index in [-0.39, 0.29) is 32.1 Å². The number of rotatable bonds is 9. The maximum Gasteiger partial charge on any atom is 0.508 e. The minimum Gasteiger partial charge on any atom is -0.469 e. The highest BCUT2D eigenvalue weighted by Gasteiger charge is 2.58. The van der Waals surface area contributed by atoms with Gasteiger partial charge < -0.3 is 23.9 Å². The van der Waals surface area contributed by atoms with Gasteiger partial charge in [0.2, 0.25) is 0 Å². The quantitative estimate of drug-likeness (QED) is 0.322. The molecule has 1 aliphatic rings. The molecule has 0 aromatic heterocycles. The van der Waals surface area contributed by atoms with Crippen molar-refractivity contribution < 1.29 is 42.1 Å². The predicted molar refractivity (Wildman–Crippen MR) is 102 cm³/mol. The minimum atomic E-state index is -4.85. The van der Waals surface area contributed by atoms with E-state index in [1.165, 1.54) is 6.08 Å². The van der Waals surface area contributed by atoms with Crippen molar-refractivity contribution in [3.05, 3.63) is 45.0 Å². The third kappa shape index (κ3) is 6.48. The van der Waals surface area contributed by atoms with Crippen molar-refractivity contribution in [2.24, 2.45) is 0 Å². The average Bonchev–Trinajstić information content (AvgIpc) is 2.65. The Morgan fingerprint density at radius 2 is 1.90 bits per heavy atom. The molecule has 0 saturated carbocycles. The van der Waals surface area contributed by atoms with Crippen LogP contribution >= 0.6 is 0 Å². The molecule has 9 nitrogen and oxygen atoms in total. The summed E-state index contributed by atoms with van der Waals surface area (Å²) in [4.78, 5) is 27.6. The summed E-state index contributed by atoms with van der Waals surface area (Å²) in [6.07, 6.45) is -4.02. The lowest BCUT2D eigenvalue weighted by Gasteiger charge is -2.36. The SMILES string of the molecule is Cc1cc(C)c2c(c1)C=CC(COC(=O)OCCN(C)CCO[N+](=O)[O-])(C(F)(F)F)O2. The van der Waals surface area contributed by atoms with Gasteiger partial charge in [0.05, 0.1) is 0 Å². The Morgan fingerprint density at radius 1 is 1.23 bits per heavy atom. The number of likely N-dealkylation sites (N-methyl/N-ethyl adjacent to an activating group) is 1. The summed E-state index contributed by atoms with van der Waals surface area (Å²) < 4.78 is 56.2. The third-order valence-corrected chi connectivity index (χ3v) is 4.51. The first kappa shape index (κ1) is 24.3. The fraction of sp³-hybridized carbons (Fsp3) is 0.526. The zero-order valence-corrected chi connectivity index (χ0v) is 17.2. The second-order valence-corrected chi connectivity index (χ2v) is 7.07. The Bertz CT molecular complexity index is 845. The van der Waals surface area contributed by atoms with Gasteiger partial charge in [-0.3, -0.25) is 0 Å². The van der Waals surface area contributed by atoms with Crippen LogP contribution in [0.1, 0.15) is 16.7 Å². The van der Waals surface area contributed by atoms with E-state index in [4.69, 9.17) is 14.2 Å². The fourth-order valence-corrected chi connectivity index (χ4v) is 2.88. The molecular weight excluding hydrogens is 425 g/mol. The highest BCUT2D eigenvalue weighted by molar-refractivity contribution is 5.65. The molecule has 1 aromatic rings. The minimum absolute atomic E-state index is 0.0703. The van der Waals surface area contributed by atoms with Gasteiger partial charge in [0.15, 0.2) is 0 Å². The van der Waals surface area contributed by atoms with Crippen molar-refractivity contribution in [2.45, 2.75) is 25.6 Å². The molecule has 2 rings (SSSR count). The number of benzene rings is 1. The van der Waals surface area contributed by atoms with Gasteiger partial charge >= 0.3 is 12.3 Å². The van der Waals surface area contributed by atoms with Crippen LogP contribution in [0.2, 0.25) is 0 Å². The first-order chi connectivity index (χ1) is 14.4. The maximum atomic E-state index is 13.8. The van der Waals surface area contributed by atoms with Gasteiger partial charge in [0.1, 0.15) is 25.6 Å². The van der Waals surface area contributed by atoms with E-state index < -0.39 is 29.6 Å². The number of alkyl halides is 3. The molecule has 1 unspecified atom stereocenters. The van der Waals surface area contributed by atoms with E-state index in [0.29, 0.717) is 11.1 Å².